The fraction of sp³-hybridized carbons (Fsp3) is 0.417. The molecule has 0 saturated carbocycles. The van der Waals surface area contributed by atoms with Crippen molar-refractivity contribution in [2.24, 2.45) is 11.1 Å². The van der Waals surface area contributed by atoms with Crippen LogP contribution in [0.25, 0.3) is 0 Å². The van der Waals surface area contributed by atoms with Gasteiger partial charge in [-0.25, -0.2) is 0 Å². The zero-order valence-electron chi connectivity index (χ0n) is 9.29. The molecule has 0 N–H and O–H groups in total. The second kappa shape index (κ2) is 7.13. The SMILES string of the molecule is C=C/C(C)=C(C=C)/C=N/OCC(C)C. The quantitative estimate of drug-likeness (QED) is 0.360. The van der Waals surface area contributed by atoms with Crippen LogP contribution in [-0.2, 0) is 4.84 Å². The average molecular weight is 193 g/mol. The van der Waals surface area contributed by atoms with Crippen molar-refractivity contribution in [3.05, 3.63) is 36.5 Å². The maximum absolute atomic E-state index is 5.08. The van der Waals surface area contributed by atoms with Gasteiger partial charge in [0.1, 0.15) is 6.61 Å². The normalized spacial score (nSPS) is 12.9. The Morgan fingerprint density at radius 3 is 2.43 bits per heavy atom. The van der Waals surface area contributed by atoms with Crippen LogP contribution < -0.4 is 0 Å². The van der Waals surface area contributed by atoms with E-state index in [2.05, 4.69) is 32.2 Å². The molecule has 0 aromatic rings. The first kappa shape index (κ1) is 12.7. The molecule has 0 atom stereocenters. The van der Waals surface area contributed by atoms with Gasteiger partial charge in [0.15, 0.2) is 0 Å². The Morgan fingerprint density at radius 2 is 2.00 bits per heavy atom. The molecule has 0 aliphatic rings. The van der Waals surface area contributed by atoms with E-state index in [1.54, 1.807) is 18.4 Å². The molecule has 0 aliphatic carbocycles. The predicted molar refractivity (Wildman–Crippen MR) is 62.4 cm³/mol. The van der Waals surface area contributed by atoms with E-state index < -0.39 is 0 Å². The molecule has 0 unspecified atom stereocenters. The Morgan fingerprint density at radius 1 is 1.36 bits per heavy atom. The van der Waals surface area contributed by atoms with E-state index in [1.807, 2.05) is 6.92 Å². The highest BCUT2D eigenvalue weighted by atomic mass is 16.6. The van der Waals surface area contributed by atoms with Crippen molar-refractivity contribution in [3.8, 4) is 0 Å². The standard InChI is InChI=1S/C12H19NO/c1-6-11(5)12(7-2)8-13-14-9-10(3)4/h6-8,10H,1-2,9H2,3-5H3/b12-11+,13-8+. The van der Waals surface area contributed by atoms with Gasteiger partial charge in [-0.2, -0.15) is 0 Å². The van der Waals surface area contributed by atoms with Crippen molar-refractivity contribution in [3.63, 3.8) is 0 Å². The molecule has 0 aromatic carbocycles. The van der Waals surface area contributed by atoms with E-state index >= 15 is 0 Å². The average Bonchev–Trinajstić information content (AvgIpc) is 2.16. The molecule has 78 valence electrons. The van der Waals surface area contributed by atoms with Gasteiger partial charge in [-0.1, -0.05) is 44.3 Å². The highest BCUT2D eigenvalue weighted by Gasteiger charge is 1.93. The van der Waals surface area contributed by atoms with Crippen LogP contribution in [-0.4, -0.2) is 12.8 Å². The van der Waals surface area contributed by atoms with Crippen LogP contribution in [0, 0.1) is 5.92 Å². The fourth-order valence-electron chi connectivity index (χ4n) is 0.720. The van der Waals surface area contributed by atoms with E-state index in [4.69, 9.17) is 4.84 Å². The third-order valence-electron chi connectivity index (χ3n) is 1.66. The van der Waals surface area contributed by atoms with E-state index in [0.717, 1.165) is 11.1 Å². The topological polar surface area (TPSA) is 21.6 Å². The second-order valence-corrected chi connectivity index (χ2v) is 3.47. The second-order valence-electron chi connectivity index (χ2n) is 3.47. The lowest BCUT2D eigenvalue weighted by atomic mass is 10.1. The Kier molecular flexibility index (Phi) is 6.46. The summed E-state index contributed by atoms with van der Waals surface area (Å²) in [5, 5.41) is 3.85. The molecular weight excluding hydrogens is 174 g/mol. The van der Waals surface area contributed by atoms with Crippen molar-refractivity contribution in [2.75, 3.05) is 6.61 Å². The monoisotopic (exact) mass is 193 g/mol. The maximum Gasteiger partial charge on any atom is 0.119 e. The van der Waals surface area contributed by atoms with E-state index in [0.29, 0.717) is 12.5 Å². The van der Waals surface area contributed by atoms with Crippen molar-refractivity contribution in [1.82, 2.24) is 0 Å². The number of nitrogens with zero attached hydrogens (tertiary/aromatic N) is 1. The molecule has 14 heavy (non-hydrogen) atoms. The lowest BCUT2D eigenvalue weighted by Gasteiger charge is -2.01. The first-order valence-electron chi connectivity index (χ1n) is 4.72. The lowest BCUT2D eigenvalue weighted by Crippen LogP contribution is -1.97. The molecule has 0 amide bonds. The zero-order valence-corrected chi connectivity index (χ0v) is 9.29. The number of oxime groups is 1. The Labute approximate surface area is 86.6 Å². The minimum absolute atomic E-state index is 0.490. The highest BCUT2D eigenvalue weighted by Crippen LogP contribution is 2.03. The summed E-state index contributed by atoms with van der Waals surface area (Å²) in [6.07, 6.45) is 5.16. The summed E-state index contributed by atoms with van der Waals surface area (Å²) in [6, 6.07) is 0. The smallest absolute Gasteiger partial charge is 0.119 e. The maximum atomic E-state index is 5.08. The van der Waals surface area contributed by atoms with Gasteiger partial charge in [0, 0.05) is 0 Å². The number of hydrogen-bond acceptors (Lipinski definition) is 2. The van der Waals surface area contributed by atoms with Gasteiger partial charge in [-0.3, -0.25) is 0 Å². The van der Waals surface area contributed by atoms with Crippen LogP contribution in [0.5, 0.6) is 0 Å². The molecule has 0 bridgehead atoms. The van der Waals surface area contributed by atoms with Crippen LogP contribution in [0.3, 0.4) is 0 Å². The Bertz CT molecular complexity index is 249. The van der Waals surface area contributed by atoms with Crippen LogP contribution >= 0.6 is 0 Å². The van der Waals surface area contributed by atoms with Crippen LogP contribution in [0.2, 0.25) is 0 Å². The number of allylic oxidation sites excluding steroid dienone is 4. The molecule has 0 aliphatic heterocycles. The van der Waals surface area contributed by atoms with Crippen molar-refractivity contribution < 1.29 is 4.84 Å². The van der Waals surface area contributed by atoms with Crippen LogP contribution in [0.4, 0.5) is 0 Å². The molecule has 2 nitrogen and oxygen atoms in total. The lowest BCUT2D eigenvalue weighted by molar-refractivity contribution is 0.120. The van der Waals surface area contributed by atoms with Gasteiger partial charge in [-0.15, -0.1) is 0 Å². The summed E-state index contributed by atoms with van der Waals surface area (Å²) in [4.78, 5) is 5.08. The molecule has 0 aromatic heterocycles. The largest absolute Gasteiger partial charge is 0.396 e. The third-order valence-corrected chi connectivity index (χ3v) is 1.66. The van der Waals surface area contributed by atoms with Crippen molar-refractivity contribution in [2.45, 2.75) is 20.8 Å². The summed E-state index contributed by atoms with van der Waals surface area (Å²) in [5.41, 5.74) is 1.97. The molecule has 2 heteroatoms. The summed E-state index contributed by atoms with van der Waals surface area (Å²) >= 11 is 0. The minimum Gasteiger partial charge on any atom is -0.396 e. The van der Waals surface area contributed by atoms with E-state index in [-0.39, 0.29) is 0 Å². The molecule has 0 saturated heterocycles. The summed E-state index contributed by atoms with van der Waals surface area (Å²) in [7, 11) is 0. The first-order valence-corrected chi connectivity index (χ1v) is 4.72. The highest BCUT2D eigenvalue weighted by molar-refractivity contribution is 5.83. The third kappa shape index (κ3) is 5.36. The van der Waals surface area contributed by atoms with Crippen molar-refractivity contribution >= 4 is 6.21 Å². The molecule has 0 fully saturated rings. The van der Waals surface area contributed by atoms with Crippen LogP contribution in [0.1, 0.15) is 20.8 Å². The van der Waals surface area contributed by atoms with E-state index in [1.165, 1.54) is 0 Å². The Balaban J connectivity index is 4.19. The molecule has 0 heterocycles. The zero-order chi connectivity index (χ0) is 11.0. The first-order chi connectivity index (χ1) is 6.61. The minimum atomic E-state index is 0.490. The summed E-state index contributed by atoms with van der Waals surface area (Å²) < 4.78 is 0. The predicted octanol–water partition coefficient (Wildman–Crippen LogP) is 3.33. The fourth-order valence-corrected chi connectivity index (χ4v) is 0.720. The van der Waals surface area contributed by atoms with Gasteiger partial charge in [0.25, 0.3) is 0 Å². The van der Waals surface area contributed by atoms with Gasteiger partial charge in [-0.05, 0) is 24.0 Å². The molecule has 0 spiro atoms. The number of rotatable bonds is 6. The molecular formula is C12H19NO. The van der Waals surface area contributed by atoms with Gasteiger partial charge >= 0.3 is 0 Å². The van der Waals surface area contributed by atoms with Gasteiger partial charge in [0.05, 0.1) is 6.21 Å². The van der Waals surface area contributed by atoms with Gasteiger partial charge < -0.3 is 4.84 Å². The van der Waals surface area contributed by atoms with Crippen LogP contribution in [0.15, 0.2) is 41.6 Å². The summed E-state index contributed by atoms with van der Waals surface area (Å²) in [6.45, 7) is 14.1. The summed E-state index contributed by atoms with van der Waals surface area (Å²) in [5.74, 6) is 0.490. The molecule has 0 rings (SSSR count). The number of hydrogen-bond donors (Lipinski definition) is 0. The van der Waals surface area contributed by atoms with E-state index in [9.17, 15) is 0 Å². The van der Waals surface area contributed by atoms with Gasteiger partial charge in [0.2, 0.25) is 0 Å². The van der Waals surface area contributed by atoms with Crippen molar-refractivity contribution in [1.29, 1.82) is 0 Å². The molecule has 0 radical (unpaired) electrons. The Hall–Kier alpha value is -1.31.